The van der Waals surface area contributed by atoms with Crippen molar-refractivity contribution >= 4 is 11.8 Å². The van der Waals surface area contributed by atoms with Crippen LogP contribution < -0.4 is 4.90 Å². The van der Waals surface area contributed by atoms with Crippen LogP contribution in [0.4, 0.5) is 10.5 Å². The van der Waals surface area contributed by atoms with Crippen LogP contribution in [-0.2, 0) is 11.3 Å². The van der Waals surface area contributed by atoms with E-state index in [2.05, 4.69) is 6.07 Å². The Bertz CT molecular complexity index is 463. The number of benzene rings is 1. The second-order valence-electron chi connectivity index (χ2n) is 3.66. The molecule has 0 saturated heterocycles. The minimum Gasteiger partial charge on any atom is -0.444 e. The molecule has 0 N–H and O–H groups in total. The largest absolute Gasteiger partial charge is 0.444 e. The van der Waals surface area contributed by atoms with Crippen molar-refractivity contribution < 1.29 is 9.53 Å². The van der Waals surface area contributed by atoms with Crippen molar-refractivity contribution in [3.63, 3.8) is 0 Å². The summed E-state index contributed by atoms with van der Waals surface area (Å²) in [6.07, 6.45) is 0.563. The SMILES string of the molecule is CCCN1C(=O)OCc2cc(C#N)ccc21. The summed E-state index contributed by atoms with van der Waals surface area (Å²) in [5.41, 5.74) is 2.34. The summed E-state index contributed by atoms with van der Waals surface area (Å²) in [4.78, 5) is 13.2. The molecule has 0 unspecified atom stereocenters. The second kappa shape index (κ2) is 4.23. The topological polar surface area (TPSA) is 53.3 Å². The number of rotatable bonds is 2. The molecule has 1 aliphatic heterocycles. The summed E-state index contributed by atoms with van der Waals surface area (Å²) < 4.78 is 5.05. The van der Waals surface area contributed by atoms with E-state index in [1.807, 2.05) is 13.0 Å². The Hall–Kier alpha value is -2.02. The molecule has 4 nitrogen and oxygen atoms in total. The molecule has 0 aliphatic carbocycles. The third kappa shape index (κ3) is 1.72. The van der Waals surface area contributed by atoms with Gasteiger partial charge in [-0.05, 0) is 24.6 Å². The Balaban J connectivity index is 2.41. The summed E-state index contributed by atoms with van der Waals surface area (Å²) in [6, 6.07) is 7.38. The standard InChI is InChI=1S/C12H12N2O2/c1-2-5-14-11-4-3-9(7-13)6-10(11)8-16-12(14)15/h3-4,6H,2,5,8H2,1H3. The highest BCUT2D eigenvalue weighted by Gasteiger charge is 2.24. The van der Waals surface area contributed by atoms with Gasteiger partial charge in [0.2, 0.25) is 0 Å². The summed E-state index contributed by atoms with van der Waals surface area (Å²) in [7, 11) is 0. The molecule has 1 aliphatic rings. The van der Waals surface area contributed by atoms with Gasteiger partial charge < -0.3 is 4.74 Å². The predicted molar refractivity (Wildman–Crippen MR) is 59.0 cm³/mol. The molecule has 0 radical (unpaired) electrons. The minimum atomic E-state index is -0.306. The zero-order valence-corrected chi connectivity index (χ0v) is 9.06. The molecular weight excluding hydrogens is 204 g/mol. The molecule has 1 amide bonds. The summed E-state index contributed by atoms with van der Waals surface area (Å²) in [6.45, 7) is 2.90. The lowest BCUT2D eigenvalue weighted by Crippen LogP contribution is -2.36. The summed E-state index contributed by atoms with van der Waals surface area (Å²) in [5.74, 6) is 0. The molecule has 0 spiro atoms. The molecule has 82 valence electrons. The maximum atomic E-state index is 11.5. The van der Waals surface area contributed by atoms with Crippen LogP contribution in [0, 0.1) is 11.3 Å². The number of carbonyl (C=O) groups is 1. The number of fused-ring (bicyclic) bond motifs is 1. The van der Waals surface area contributed by atoms with Crippen LogP contribution in [0.5, 0.6) is 0 Å². The van der Waals surface area contributed by atoms with Crippen LogP contribution in [0.2, 0.25) is 0 Å². The van der Waals surface area contributed by atoms with E-state index >= 15 is 0 Å². The molecule has 0 saturated carbocycles. The smallest absolute Gasteiger partial charge is 0.414 e. The second-order valence-corrected chi connectivity index (χ2v) is 3.66. The minimum absolute atomic E-state index is 0.254. The number of hydrogen-bond acceptors (Lipinski definition) is 3. The molecule has 1 aromatic carbocycles. The number of ether oxygens (including phenoxy) is 1. The first-order chi connectivity index (χ1) is 7.76. The summed E-state index contributed by atoms with van der Waals surface area (Å²) in [5, 5.41) is 8.79. The first kappa shape index (κ1) is 10.5. The molecule has 0 fully saturated rings. The monoisotopic (exact) mass is 216 g/mol. The van der Waals surface area contributed by atoms with Crippen molar-refractivity contribution in [3.8, 4) is 6.07 Å². The van der Waals surface area contributed by atoms with Gasteiger partial charge in [0, 0.05) is 12.1 Å². The van der Waals surface area contributed by atoms with Gasteiger partial charge in [-0.3, -0.25) is 4.90 Å². The molecule has 0 atom stereocenters. The van der Waals surface area contributed by atoms with Crippen LogP contribution in [0.25, 0.3) is 0 Å². The van der Waals surface area contributed by atoms with Gasteiger partial charge >= 0.3 is 6.09 Å². The van der Waals surface area contributed by atoms with Crippen molar-refractivity contribution in [2.45, 2.75) is 20.0 Å². The average Bonchev–Trinajstić information content (AvgIpc) is 2.32. The van der Waals surface area contributed by atoms with Crippen LogP contribution in [0.1, 0.15) is 24.5 Å². The van der Waals surface area contributed by atoms with Crippen molar-refractivity contribution in [2.24, 2.45) is 0 Å². The van der Waals surface area contributed by atoms with Gasteiger partial charge in [-0.25, -0.2) is 4.79 Å². The van der Waals surface area contributed by atoms with E-state index in [0.29, 0.717) is 12.1 Å². The Morgan fingerprint density at radius 1 is 1.56 bits per heavy atom. The van der Waals surface area contributed by atoms with E-state index in [1.165, 1.54) is 0 Å². The van der Waals surface area contributed by atoms with E-state index in [-0.39, 0.29) is 12.7 Å². The number of anilines is 1. The van der Waals surface area contributed by atoms with Crippen LogP contribution in [0.3, 0.4) is 0 Å². The number of carbonyl (C=O) groups excluding carboxylic acids is 1. The molecule has 1 heterocycles. The molecule has 1 aromatic rings. The Morgan fingerprint density at radius 2 is 2.38 bits per heavy atom. The van der Waals surface area contributed by atoms with Gasteiger partial charge in [-0.15, -0.1) is 0 Å². The number of nitrogens with zero attached hydrogens (tertiary/aromatic N) is 2. The van der Waals surface area contributed by atoms with Crippen LogP contribution in [-0.4, -0.2) is 12.6 Å². The Labute approximate surface area is 94.0 Å². The van der Waals surface area contributed by atoms with Crippen LogP contribution >= 0.6 is 0 Å². The highest BCUT2D eigenvalue weighted by Crippen LogP contribution is 2.27. The number of hydrogen-bond donors (Lipinski definition) is 0. The van der Waals surface area contributed by atoms with E-state index in [9.17, 15) is 4.79 Å². The van der Waals surface area contributed by atoms with E-state index in [4.69, 9.17) is 10.00 Å². The van der Waals surface area contributed by atoms with E-state index < -0.39 is 0 Å². The van der Waals surface area contributed by atoms with E-state index in [0.717, 1.165) is 17.7 Å². The van der Waals surface area contributed by atoms with Gasteiger partial charge in [0.15, 0.2) is 0 Å². The lowest BCUT2D eigenvalue weighted by molar-refractivity contribution is 0.142. The van der Waals surface area contributed by atoms with Gasteiger partial charge in [-0.1, -0.05) is 6.92 Å². The molecule has 16 heavy (non-hydrogen) atoms. The van der Waals surface area contributed by atoms with E-state index in [1.54, 1.807) is 17.0 Å². The van der Waals surface area contributed by atoms with Crippen molar-refractivity contribution in [1.29, 1.82) is 5.26 Å². The first-order valence-electron chi connectivity index (χ1n) is 5.23. The lowest BCUT2D eigenvalue weighted by Gasteiger charge is -2.28. The highest BCUT2D eigenvalue weighted by atomic mass is 16.6. The van der Waals surface area contributed by atoms with Crippen LogP contribution in [0.15, 0.2) is 18.2 Å². The van der Waals surface area contributed by atoms with Crippen molar-refractivity contribution in [2.75, 3.05) is 11.4 Å². The normalized spacial score (nSPS) is 14.0. The predicted octanol–water partition coefficient (Wildman–Crippen LogP) is 2.42. The fraction of sp³-hybridized carbons (Fsp3) is 0.333. The fourth-order valence-electron chi connectivity index (χ4n) is 1.79. The van der Waals surface area contributed by atoms with Gasteiger partial charge in [0.25, 0.3) is 0 Å². The maximum absolute atomic E-state index is 11.5. The third-order valence-electron chi connectivity index (χ3n) is 2.52. The average molecular weight is 216 g/mol. The molecule has 2 rings (SSSR count). The number of nitriles is 1. The molecular formula is C12H12N2O2. The molecule has 0 bridgehead atoms. The number of amides is 1. The Morgan fingerprint density at radius 3 is 3.06 bits per heavy atom. The first-order valence-corrected chi connectivity index (χ1v) is 5.23. The lowest BCUT2D eigenvalue weighted by atomic mass is 10.1. The van der Waals surface area contributed by atoms with Gasteiger partial charge in [-0.2, -0.15) is 5.26 Å². The third-order valence-corrected chi connectivity index (χ3v) is 2.52. The quantitative estimate of drug-likeness (QED) is 0.762. The highest BCUT2D eigenvalue weighted by molar-refractivity contribution is 5.90. The van der Waals surface area contributed by atoms with Crippen molar-refractivity contribution in [1.82, 2.24) is 0 Å². The Kier molecular flexibility index (Phi) is 2.78. The van der Waals surface area contributed by atoms with Gasteiger partial charge in [0.1, 0.15) is 6.61 Å². The summed E-state index contributed by atoms with van der Waals surface area (Å²) >= 11 is 0. The fourth-order valence-corrected chi connectivity index (χ4v) is 1.79. The zero-order chi connectivity index (χ0) is 11.5. The maximum Gasteiger partial charge on any atom is 0.414 e. The zero-order valence-electron chi connectivity index (χ0n) is 9.06. The molecule has 0 aromatic heterocycles. The van der Waals surface area contributed by atoms with Crippen molar-refractivity contribution in [3.05, 3.63) is 29.3 Å². The van der Waals surface area contributed by atoms with Gasteiger partial charge in [0.05, 0.1) is 17.3 Å². The number of cyclic esters (lactones) is 1. The molecule has 4 heteroatoms.